The third kappa shape index (κ3) is 4.55. The van der Waals surface area contributed by atoms with Crippen molar-refractivity contribution in [2.45, 2.75) is 6.92 Å². The quantitative estimate of drug-likeness (QED) is 0.836. The van der Waals surface area contributed by atoms with Gasteiger partial charge >= 0.3 is 12.1 Å². The molecule has 0 atom stereocenters. The fraction of sp³-hybridized carbons (Fsp3) is 0.200. The van der Waals surface area contributed by atoms with Gasteiger partial charge in [0, 0.05) is 12.6 Å². The first-order chi connectivity index (χ1) is 10.5. The predicted molar refractivity (Wildman–Crippen MR) is 78.7 cm³/mol. The van der Waals surface area contributed by atoms with E-state index in [9.17, 15) is 19.2 Å². The Kier molecular flexibility index (Phi) is 6.49. The largest absolute Gasteiger partial charge is 0.465 e. The van der Waals surface area contributed by atoms with Crippen LogP contribution in [0.2, 0.25) is 0 Å². The molecule has 1 aromatic rings. The van der Waals surface area contributed by atoms with Crippen LogP contribution in [0.3, 0.4) is 0 Å². The number of nitrogens with zero attached hydrogens (tertiary/aromatic N) is 2. The number of hydrogen-bond donors (Lipinski definition) is 1. The highest BCUT2D eigenvalue weighted by Crippen LogP contribution is 2.05. The maximum absolute atomic E-state index is 12.0. The summed E-state index contributed by atoms with van der Waals surface area (Å²) in [6, 6.07) is 7.77. The number of hydrogen-bond acceptors (Lipinski definition) is 4. The van der Waals surface area contributed by atoms with E-state index in [1.165, 1.54) is 19.3 Å². The summed E-state index contributed by atoms with van der Waals surface area (Å²) < 4.78 is 0. The van der Waals surface area contributed by atoms with Crippen molar-refractivity contribution in [3.05, 3.63) is 42.0 Å². The van der Waals surface area contributed by atoms with E-state index in [-0.39, 0.29) is 6.54 Å². The monoisotopic (exact) mass is 303 g/mol. The van der Waals surface area contributed by atoms with Crippen LogP contribution in [0.1, 0.15) is 12.5 Å². The Hall–Kier alpha value is -2.96. The molecule has 1 rings (SSSR count). The van der Waals surface area contributed by atoms with Crippen LogP contribution in [0.25, 0.3) is 6.08 Å². The minimum atomic E-state index is -1.50. The molecule has 4 amide bonds. The maximum Gasteiger partial charge on any atom is 0.415 e. The highest BCUT2D eigenvalue weighted by atomic mass is 16.4. The van der Waals surface area contributed by atoms with Crippen LogP contribution in [-0.2, 0) is 9.59 Å². The first kappa shape index (κ1) is 17.1. The molecule has 0 fully saturated rings. The molecule has 115 valence electrons. The smallest absolute Gasteiger partial charge is 0.415 e. The molecule has 0 heterocycles. The standard InChI is InChI=1S/C15H15N2O5/c1-2-16(15(21)22)14(20)17(10-11-18)13(19)9-8-12-6-4-3-5-7-12/h3-9H,2,10H2,1H3,(H,21,22)/b9-8+. The zero-order chi connectivity index (χ0) is 16.5. The summed E-state index contributed by atoms with van der Waals surface area (Å²) in [5.41, 5.74) is 0.726. The first-order valence-corrected chi connectivity index (χ1v) is 6.45. The number of carbonyl (C=O) groups is 3. The molecule has 0 aliphatic carbocycles. The Morgan fingerprint density at radius 1 is 1.18 bits per heavy atom. The lowest BCUT2D eigenvalue weighted by Crippen LogP contribution is -2.48. The zero-order valence-electron chi connectivity index (χ0n) is 11.9. The van der Waals surface area contributed by atoms with Crippen molar-refractivity contribution >= 4 is 30.4 Å². The van der Waals surface area contributed by atoms with Gasteiger partial charge in [0.1, 0.15) is 0 Å². The van der Waals surface area contributed by atoms with Crippen molar-refractivity contribution in [3.8, 4) is 0 Å². The van der Waals surface area contributed by atoms with Crippen LogP contribution in [0.4, 0.5) is 9.59 Å². The summed E-state index contributed by atoms with van der Waals surface area (Å²) >= 11 is 0. The second kappa shape index (κ2) is 8.35. The van der Waals surface area contributed by atoms with Crippen molar-refractivity contribution in [1.82, 2.24) is 9.80 Å². The van der Waals surface area contributed by atoms with Crippen molar-refractivity contribution in [2.24, 2.45) is 0 Å². The number of amides is 4. The van der Waals surface area contributed by atoms with Gasteiger partial charge in [0.25, 0.3) is 5.91 Å². The normalized spacial score (nSPS) is 10.2. The second-order valence-electron chi connectivity index (χ2n) is 4.12. The minimum absolute atomic E-state index is 0.140. The first-order valence-electron chi connectivity index (χ1n) is 6.45. The van der Waals surface area contributed by atoms with Gasteiger partial charge in [-0.2, -0.15) is 0 Å². The van der Waals surface area contributed by atoms with Gasteiger partial charge in [0.2, 0.25) is 6.29 Å². The molecular formula is C15H15N2O5. The van der Waals surface area contributed by atoms with Gasteiger partial charge in [0.15, 0.2) is 0 Å². The Morgan fingerprint density at radius 2 is 1.82 bits per heavy atom. The average molecular weight is 303 g/mol. The fourth-order valence-corrected chi connectivity index (χ4v) is 1.62. The molecule has 0 saturated carbocycles. The van der Waals surface area contributed by atoms with Gasteiger partial charge in [-0.05, 0) is 18.6 Å². The predicted octanol–water partition coefficient (Wildman–Crippen LogP) is 1.76. The second-order valence-corrected chi connectivity index (χ2v) is 4.12. The zero-order valence-corrected chi connectivity index (χ0v) is 11.9. The van der Waals surface area contributed by atoms with E-state index in [0.29, 0.717) is 9.80 Å². The fourth-order valence-electron chi connectivity index (χ4n) is 1.62. The molecule has 0 spiro atoms. The summed E-state index contributed by atoms with van der Waals surface area (Å²) in [6.45, 7) is 0.666. The third-order valence-corrected chi connectivity index (χ3v) is 2.72. The van der Waals surface area contributed by atoms with Crippen LogP contribution >= 0.6 is 0 Å². The van der Waals surface area contributed by atoms with E-state index in [2.05, 4.69) is 0 Å². The lowest BCUT2D eigenvalue weighted by Gasteiger charge is -2.22. The molecule has 1 N–H and O–H groups in total. The number of rotatable bonds is 5. The van der Waals surface area contributed by atoms with Gasteiger partial charge in [0.05, 0.1) is 6.54 Å². The van der Waals surface area contributed by atoms with Crippen LogP contribution in [0.5, 0.6) is 0 Å². The van der Waals surface area contributed by atoms with E-state index >= 15 is 0 Å². The van der Waals surface area contributed by atoms with Crippen molar-refractivity contribution in [2.75, 3.05) is 13.1 Å². The molecule has 1 aromatic carbocycles. The minimum Gasteiger partial charge on any atom is -0.465 e. The molecule has 22 heavy (non-hydrogen) atoms. The van der Waals surface area contributed by atoms with Crippen LogP contribution in [0.15, 0.2) is 36.4 Å². The van der Waals surface area contributed by atoms with Crippen LogP contribution < -0.4 is 0 Å². The maximum atomic E-state index is 12.0. The summed E-state index contributed by atoms with van der Waals surface area (Å²) in [6.07, 6.45) is 2.49. The van der Waals surface area contributed by atoms with Crippen LogP contribution in [-0.4, -0.2) is 52.3 Å². The average Bonchev–Trinajstić information content (AvgIpc) is 2.51. The molecule has 7 nitrogen and oxygen atoms in total. The van der Waals surface area contributed by atoms with E-state index in [4.69, 9.17) is 5.11 Å². The Labute approximate surface area is 127 Å². The van der Waals surface area contributed by atoms with Gasteiger partial charge in [-0.1, -0.05) is 30.3 Å². The Balaban J connectivity index is 2.92. The van der Waals surface area contributed by atoms with Crippen LogP contribution in [0, 0.1) is 0 Å². The lowest BCUT2D eigenvalue weighted by molar-refractivity contribution is -0.123. The van der Waals surface area contributed by atoms with Crippen molar-refractivity contribution < 1.29 is 24.3 Å². The molecule has 0 unspecified atom stereocenters. The number of carbonyl (C=O) groups excluding carboxylic acids is 3. The molecular weight excluding hydrogens is 288 g/mol. The van der Waals surface area contributed by atoms with Crippen molar-refractivity contribution in [1.29, 1.82) is 0 Å². The summed E-state index contributed by atoms with van der Waals surface area (Å²) in [5.74, 6) is -0.795. The molecule has 7 heteroatoms. The molecule has 0 aliphatic rings. The van der Waals surface area contributed by atoms with E-state index in [0.717, 1.165) is 11.6 Å². The SMILES string of the molecule is CCN(C(=O)O)C(=O)N(C[C]=O)C(=O)/C=C/c1ccccc1. The number of benzene rings is 1. The van der Waals surface area contributed by atoms with Gasteiger partial charge in [-0.3, -0.25) is 14.5 Å². The van der Waals surface area contributed by atoms with Gasteiger partial charge in [-0.25, -0.2) is 14.5 Å². The molecule has 1 radical (unpaired) electrons. The van der Waals surface area contributed by atoms with E-state index in [1.807, 2.05) is 6.07 Å². The Morgan fingerprint density at radius 3 is 2.32 bits per heavy atom. The highest BCUT2D eigenvalue weighted by molar-refractivity contribution is 6.06. The van der Waals surface area contributed by atoms with E-state index in [1.54, 1.807) is 24.3 Å². The third-order valence-electron chi connectivity index (χ3n) is 2.72. The summed E-state index contributed by atoms with van der Waals surface area (Å²) in [5, 5.41) is 8.90. The van der Waals surface area contributed by atoms with Gasteiger partial charge < -0.3 is 5.11 Å². The summed E-state index contributed by atoms with van der Waals surface area (Å²) in [4.78, 5) is 46.4. The number of imide groups is 2. The molecule has 0 saturated heterocycles. The van der Waals surface area contributed by atoms with Gasteiger partial charge in [-0.15, -0.1) is 0 Å². The molecule has 0 bridgehead atoms. The number of carboxylic acid groups (broad SMARTS) is 1. The molecule has 0 aliphatic heterocycles. The topological polar surface area (TPSA) is 95.0 Å². The van der Waals surface area contributed by atoms with E-state index < -0.39 is 24.6 Å². The Bertz CT molecular complexity index is 583. The van der Waals surface area contributed by atoms with Crippen molar-refractivity contribution in [3.63, 3.8) is 0 Å². The summed E-state index contributed by atoms with van der Waals surface area (Å²) in [7, 11) is 0. The lowest BCUT2D eigenvalue weighted by atomic mass is 10.2. The number of urea groups is 1. The highest BCUT2D eigenvalue weighted by Gasteiger charge is 2.28. The molecule has 0 aromatic heterocycles.